The molecule has 24 heavy (non-hydrogen) atoms. The van der Waals surface area contributed by atoms with Crippen molar-refractivity contribution in [3.63, 3.8) is 0 Å². The van der Waals surface area contributed by atoms with E-state index < -0.39 is 0 Å². The number of aromatic nitrogens is 1. The van der Waals surface area contributed by atoms with Crippen molar-refractivity contribution in [2.75, 3.05) is 19.5 Å². The molecule has 3 rings (SSSR count). The lowest BCUT2D eigenvalue weighted by Gasteiger charge is -2.09. The third-order valence-corrected chi connectivity index (χ3v) is 4.66. The first-order valence-electron chi connectivity index (χ1n) is 7.12. The normalized spacial score (nSPS) is 10.7. The highest BCUT2D eigenvalue weighted by molar-refractivity contribution is 7.22. The van der Waals surface area contributed by atoms with Crippen molar-refractivity contribution in [2.45, 2.75) is 6.92 Å². The third-order valence-electron chi connectivity index (χ3n) is 3.52. The number of hydrogen-bond donors (Lipinski definition) is 1. The van der Waals surface area contributed by atoms with Crippen molar-refractivity contribution in [3.05, 3.63) is 46.5 Å². The summed E-state index contributed by atoms with van der Waals surface area (Å²) in [5, 5.41) is 3.97. The highest BCUT2D eigenvalue weighted by atomic mass is 35.5. The first kappa shape index (κ1) is 16.5. The molecule has 5 nitrogen and oxygen atoms in total. The Bertz CT molecular complexity index is 924. The molecule has 0 saturated heterocycles. The Morgan fingerprint density at radius 2 is 2.00 bits per heavy atom. The van der Waals surface area contributed by atoms with Gasteiger partial charge >= 0.3 is 0 Å². The largest absolute Gasteiger partial charge is 0.497 e. The van der Waals surface area contributed by atoms with E-state index in [1.165, 1.54) is 18.4 Å². The summed E-state index contributed by atoms with van der Waals surface area (Å²) in [4.78, 5) is 17.0. The van der Waals surface area contributed by atoms with Crippen molar-refractivity contribution in [1.29, 1.82) is 0 Å². The maximum atomic E-state index is 12.5. The molecule has 3 aromatic rings. The van der Waals surface area contributed by atoms with E-state index in [2.05, 4.69) is 10.3 Å². The van der Waals surface area contributed by atoms with E-state index in [1.807, 2.05) is 19.1 Å². The standard InChI is InChI=1S/C17H15ClN2O3S/c1-9-6-10(18)7-14-15(9)19-17(24-14)20-16(21)12-5-4-11(22-2)8-13(12)23-3/h4-8H,1-3H3,(H,19,20,21). The molecule has 1 heterocycles. The summed E-state index contributed by atoms with van der Waals surface area (Å²) in [6.07, 6.45) is 0. The molecule has 0 atom stereocenters. The second-order valence-corrected chi connectivity index (χ2v) is 6.58. The molecule has 0 fully saturated rings. The van der Waals surface area contributed by atoms with Crippen LogP contribution in [0.25, 0.3) is 10.2 Å². The van der Waals surface area contributed by atoms with Gasteiger partial charge < -0.3 is 9.47 Å². The number of amides is 1. The van der Waals surface area contributed by atoms with Crippen molar-refractivity contribution in [2.24, 2.45) is 0 Å². The SMILES string of the molecule is COc1ccc(C(=O)Nc2nc3c(C)cc(Cl)cc3s2)c(OC)c1. The van der Waals surface area contributed by atoms with Crippen LogP contribution in [0.3, 0.4) is 0 Å². The van der Waals surface area contributed by atoms with Gasteiger partial charge in [0, 0.05) is 11.1 Å². The summed E-state index contributed by atoms with van der Waals surface area (Å²) in [5.41, 5.74) is 2.21. The van der Waals surface area contributed by atoms with Crippen molar-refractivity contribution in [3.8, 4) is 11.5 Å². The Labute approximate surface area is 148 Å². The lowest BCUT2D eigenvalue weighted by atomic mass is 10.2. The topological polar surface area (TPSA) is 60.5 Å². The quantitative estimate of drug-likeness (QED) is 0.740. The Balaban J connectivity index is 1.91. The van der Waals surface area contributed by atoms with E-state index in [-0.39, 0.29) is 5.91 Å². The van der Waals surface area contributed by atoms with E-state index in [0.29, 0.717) is 27.2 Å². The van der Waals surface area contributed by atoms with Crippen LogP contribution in [0.15, 0.2) is 30.3 Å². The summed E-state index contributed by atoms with van der Waals surface area (Å²) in [7, 11) is 3.07. The summed E-state index contributed by atoms with van der Waals surface area (Å²) in [5.74, 6) is 0.762. The molecule has 0 radical (unpaired) electrons. The molecule has 124 valence electrons. The highest BCUT2D eigenvalue weighted by Crippen LogP contribution is 2.32. The molecule has 2 aromatic carbocycles. The number of methoxy groups -OCH3 is 2. The zero-order chi connectivity index (χ0) is 17.3. The van der Waals surface area contributed by atoms with Crippen molar-refractivity contribution in [1.82, 2.24) is 4.98 Å². The van der Waals surface area contributed by atoms with Gasteiger partial charge in [-0.25, -0.2) is 4.98 Å². The van der Waals surface area contributed by atoms with Gasteiger partial charge in [-0.2, -0.15) is 0 Å². The minimum Gasteiger partial charge on any atom is -0.497 e. The molecule has 0 bridgehead atoms. The van der Waals surface area contributed by atoms with Gasteiger partial charge in [0.1, 0.15) is 11.5 Å². The molecule has 1 N–H and O–H groups in total. The maximum absolute atomic E-state index is 12.5. The predicted molar refractivity (Wildman–Crippen MR) is 96.9 cm³/mol. The first-order valence-corrected chi connectivity index (χ1v) is 8.31. The number of hydrogen-bond acceptors (Lipinski definition) is 5. The molecule has 0 unspecified atom stereocenters. The molecule has 7 heteroatoms. The summed E-state index contributed by atoms with van der Waals surface area (Å²) < 4.78 is 11.3. The second-order valence-electron chi connectivity index (χ2n) is 5.11. The van der Waals surface area contributed by atoms with E-state index in [4.69, 9.17) is 21.1 Å². The fourth-order valence-electron chi connectivity index (χ4n) is 2.36. The zero-order valence-corrected chi connectivity index (χ0v) is 14.9. The number of anilines is 1. The number of aryl methyl sites for hydroxylation is 1. The highest BCUT2D eigenvalue weighted by Gasteiger charge is 2.16. The summed E-state index contributed by atoms with van der Waals surface area (Å²) in [6, 6.07) is 8.71. The molecular weight excluding hydrogens is 348 g/mol. The number of nitrogens with one attached hydrogen (secondary N) is 1. The van der Waals surface area contributed by atoms with Crippen LogP contribution < -0.4 is 14.8 Å². The van der Waals surface area contributed by atoms with Gasteiger partial charge in [-0.1, -0.05) is 22.9 Å². The Kier molecular flexibility index (Phi) is 4.59. The summed E-state index contributed by atoms with van der Waals surface area (Å²) >= 11 is 7.44. The lowest BCUT2D eigenvalue weighted by molar-refractivity contribution is 0.102. The van der Waals surface area contributed by atoms with Crippen LogP contribution in [0.1, 0.15) is 15.9 Å². The van der Waals surface area contributed by atoms with Crippen LogP contribution in [0, 0.1) is 6.92 Å². The number of nitrogens with zero attached hydrogens (tertiary/aromatic N) is 1. The first-order chi connectivity index (χ1) is 11.5. The number of carbonyl (C=O) groups is 1. The molecule has 1 aromatic heterocycles. The van der Waals surface area contributed by atoms with E-state index in [0.717, 1.165) is 15.8 Å². The van der Waals surface area contributed by atoms with Crippen molar-refractivity contribution >= 4 is 44.2 Å². The molecular formula is C17H15ClN2O3S. The van der Waals surface area contributed by atoms with Gasteiger partial charge in [0.2, 0.25) is 0 Å². The number of carbonyl (C=O) groups excluding carboxylic acids is 1. The van der Waals surface area contributed by atoms with E-state index in [1.54, 1.807) is 25.3 Å². The molecule has 0 aliphatic carbocycles. The number of ether oxygens (including phenoxy) is 2. The number of fused-ring (bicyclic) bond motifs is 1. The molecule has 1 amide bonds. The third kappa shape index (κ3) is 3.16. The molecule has 0 aliphatic rings. The Morgan fingerprint density at radius 1 is 1.21 bits per heavy atom. The van der Waals surface area contributed by atoms with Crippen LogP contribution in [-0.4, -0.2) is 25.1 Å². The van der Waals surface area contributed by atoms with Gasteiger partial charge in [-0.05, 0) is 36.8 Å². The van der Waals surface area contributed by atoms with Gasteiger partial charge in [-0.15, -0.1) is 0 Å². The van der Waals surface area contributed by atoms with Crippen LogP contribution in [0.4, 0.5) is 5.13 Å². The van der Waals surface area contributed by atoms with E-state index >= 15 is 0 Å². The minimum atomic E-state index is -0.294. The van der Waals surface area contributed by atoms with Gasteiger partial charge in [-0.3, -0.25) is 10.1 Å². The minimum absolute atomic E-state index is 0.294. The smallest absolute Gasteiger partial charge is 0.261 e. The van der Waals surface area contributed by atoms with Crippen molar-refractivity contribution < 1.29 is 14.3 Å². The van der Waals surface area contributed by atoms with Gasteiger partial charge in [0.25, 0.3) is 5.91 Å². The number of rotatable bonds is 4. The lowest BCUT2D eigenvalue weighted by Crippen LogP contribution is -2.13. The van der Waals surface area contributed by atoms with Gasteiger partial charge in [0.05, 0.1) is 30.0 Å². The average Bonchev–Trinajstić information content (AvgIpc) is 2.96. The number of halogens is 1. The zero-order valence-electron chi connectivity index (χ0n) is 13.3. The van der Waals surface area contributed by atoms with E-state index in [9.17, 15) is 4.79 Å². The predicted octanol–water partition coefficient (Wildman–Crippen LogP) is 4.53. The maximum Gasteiger partial charge on any atom is 0.261 e. The molecule has 0 aliphatic heterocycles. The second kappa shape index (κ2) is 6.67. The van der Waals surface area contributed by atoms with Crippen LogP contribution in [0.5, 0.6) is 11.5 Å². The fourth-order valence-corrected chi connectivity index (χ4v) is 3.67. The Morgan fingerprint density at radius 3 is 2.71 bits per heavy atom. The average molecular weight is 363 g/mol. The summed E-state index contributed by atoms with van der Waals surface area (Å²) in [6.45, 7) is 1.94. The monoisotopic (exact) mass is 362 g/mol. The number of thiazole rings is 1. The molecule has 0 saturated carbocycles. The van der Waals surface area contributed by atoms with Gasteiger partial charge in [0.15, 0.2) is 5.13 Å². The van der Waals surface area contributed by atoms with Crippen LogP contribution in [-0.2, 0) is 0 Å². The fraction of sp³-hybridized carbons (Fsp3) is 0.176. The van der Waals surface area contributed by atoms with Crippen LogP contribution >= 0.6 is 22.9 Å². The molecule has 0 spiro atoms. The number of benzene rings is 2. The Hall–Kier alpha value is -2.31. The van der Waals surface area contributed by atoms with Crippen LogP contribution in [0.2, 0.25) is 5.02 Å².